The Hall–Kier alpha value is -5.22. The van der Waals surface area contributed by atoms with Crippen molar-refractivity contribution in [3.63, 3.8) is 0 Å². The molecule has 328 valence electrons. The van der Waals surface area contributed by atoms with Gasteiger partial charge in [0.1, 0.15) is 5.69 Å². The number of allylic oxidation sites excluding steroid dienone is 1. The number of amides is 1. The normalized spacial score (nSPS) is 18.7. The lowest BCUT2D eigenvalue weighted by Crippen LogP contribution is -2.47. The molecule has 0 bridgehead atoms. The highest BCUT2D eigenvalue weighted by Crippen LogP contribution is 2.44. The van der Waals surface area contributed by atoms with Crippen molar-refractivity contribution >= 4 is 61.7 Å². The highest BCUT2D eigenvalue weighted by Gasteiger charge is 2.32. The first-order valence-electron chi connectivity index (χ1n) is 21.4. The fourth-order valence-electron chi connectivity index (χ4n) is 8.89. The monoisotopic (exact) mass is 883 g/mol. The summed E-state index contributed by atoms with van der Waals surface area (Å²) >= 11 is 6.26. The van der Waals surface area contributed by atoms with E-state index in [0.717, 1.165) is 81.6 Å². The number of aromatic nitrogens is 1. The second kappa shape index (κ2) is 18.6. The Morgan fingerprint density at radius 1 is 0.984 bits per heavy atom. The van der Waals surface area contributed by atoms with Crippen LogP contribution in [0.25, 0.3) is 5.57 Å². The highest BCUT2D eigenvalue weighted by atomic mass is 35.5. The van der Waals surface area contributed by atoms with Crippen molar-refractivity contribution < 1.29 is 27.6 Å². The van der Waals surface area contributed by atoms with E-state index >= 15 is 0 Å². The zero-order valence-corrected chi connectivity index (χ0v) is 36.8. The highest BCUT2D eigenvalue weighted by molar-refractivity contribution is 7.90. The molecule has 1 aliphatic carbocycles. The summed E-state index contributed by atoms with van der Waals surface area (Å²) in [4.78, 5) is 36.7. The Bertz CT molecular complexity index is 2430. The number of anilines is 4. The van der Waals surface area contributed by atoms with Crippen molar-refractivity contribution in [3.8, 4) is 5.75 Å². The number of pyridine rings is 1. The van der Waals surface area contributed by atoms with E-state index in [-0.39, 0.29) is 22.6 Å². The molecule has 14 nitrogen and oxygen atoms in total. The third-order valence-corrected chi connectivity index (χ3v) is 14.0. The van der Waals surface area contributed by atoms with Gasteiger partial charge >= 0.3 is 0 Å². The minimum absolute atomic E-state index is 0.112. The number of hydrogen-bond donors (Lipinski definition) is 2. The molecule has 3 aromatic carbocycles. The minimum Gasteiger partial charge on any atom is -0.490 e. The van der Waals surface area contributed by atoms with Gasteiger partial charge in [0.05, 0.1) is 27.7 Å². The molecule has 0 unspecified atom stereocenters. The summed E-state index contributed by atoms with van der Waals surface area (Å²) in [5, 5.41) is 16.0. The number of rotatable bonds is 12. The molecule has 3 aliphatic heterocycles. The molecule has 1 amide bonds. The molecule has 16 heteroatoms. The predicted molar refractivity (Wildman–Crippen MR) is 242 cm³/mol. The summed E-state index contributed by atoms with van der Waals surface area (Å²) in [5.74, 6) is 0.480. The van der Waals surface area contributed by atoms with E-state index in [4.69, 9.17) is 21.1 Å². The first kappa shape index (κ1) is 43.4. The molecule has 2 fully saturated rings. The molecule has 4 aromatic rings. The zero-order valence-electron chi connectivity index (χ0n) is 35.3. The van der Waals surface area contributed by atoms with Gasteiger partial charge in [-0.25, -0.2) is 18.1 Å². The fourth-order valence-corrected chi connectivity index (χ4v) is 10.0. The first-order chi connectivity index (χ1) is 29.8. The van der Waals surface area contributed by atoms with Crippen molar-refractivity contribution in [2.45, 2.75) is 57.3 Å². The van der Waals surface area contributed by atoms with E-state index in [1.54, 1.807) is 18.3 Å². The summed E-state index contributed by atoms with van der Waals surface area (Å²) in [6, 6.07) is 20.9. The molecule has 4 heterocycles. The molecule has 2 saturated heterocycles. The summed E-state index contributed by atoms with van der Waals surface area (Å²) in [6.07, 6.45) is 7.16. The molecule has 62 heavy (non-hydrogen) atoms. The van der Waals surface area contributed by atoms with Crippen LogP contribution in [0.3, 0.4) is 0 Å². The molecule has 0 radical (unpaired) electrons. The molecule has 4 aliphatic rings. The molecule has 8 rings (SSSR count). The maximum absolute atomic E-state index is 14.2. The second-order valence-corrected chi connectivity index (χ2v) is 19.5. The topological polar surface area (TPSA) is 159 Å². The van der Waals surface area contributed by atoms with Gasteiger partial charge in [0.2, 0.25) is 0 Å². The number of ether oxygens (including phenoxy) is 2. The number of nitro benzene ring substituents is 1. The van der Waals surface area contributed by atoms with Crippen LogP contribution in [-0.4, -0.2) is 94.8 Å². The zero-order chi connectivity index (χ0) is 43.4. The number of halogens is 1. The SMILES string of the molecule is CC1(C)CCC(CN2CCN(c3ccc(C(=O)NS(=O)(=O)c4ccc(NCC5CCOCC5)c([N+](=O)[O-])c4)c(N4CCCOc5cccnc54)c3)CC2)=C(c2ccc(Cl)cc2)C1. The van der Waals surface area contributed by atoms with E-state index in [1.807, 2.05) is 35.2 Å². The Morgan fingerprint density at radius 2 is 1.76 bits per heavy atom. The van der Waals surface area contributed by atoms with Gasteiger partial charge in [0, 0.05) is 82.0 Å². The lowest BCUT2D eigenvalue weighted by atomic mass is 9.72. The number of nitrogens with zero attached hydrogens (tertiary/aromatic N) is 5. The molecule has 0 atom stereocenters. The fraction of sp³-hybridized carbons (Fsp3) is 0.435. The number of carbonyl (C=O) groups excluding carboxylic acids is 1. The van der Waals surface area contributed by atoms with Gasteiger partial charge in [-0.15, -0.1) is 0 Å². The van der Waals surface area contributed by atoms with Crippen molar-refractivity contribution in [3.05, 3.63) is 111 Å². The minimum atomic E-state index is -4.54. The first-order valence-corrected chi connectivity index (χ1v) is 23.3. The van der Waals surface area contributed by atoms with Gasteiger partial charge < -0.3 is 24.6 Å². The van der Waals surface area contributed by atoms with Crippen LogP contribution in [0.15, 0.2) is 89.5 Å². The number of fused-ring (bicyclic) bond motifs is 1. The predicted octanol–water partition coefficient (Wildman–Crippen LogP) is 8.31. The van der Waals surface area contributed by atoms with Gasteiger partial charge in [-0.3, -0.25) is 19.8 Å². The number of benzene rings is 3. The van der Waals surface area contributed by atoms with Crippen LogP contribution in [0.5, 0.6) is 5.75 Å². The number of nitro groups is 1. The second-order valence-electron chi connectivity index (χ2n) is 17.4. The van der Waals surface area contributed by atoms with Gasteiger partial charge in [-0.1, -0.05) is 43.2 Å². The quantitative estimate of drug-likeness (QED) is 0.104. The number of piperazine rings is 1. The van der Waals surface area contributed by atoms with Gasteiger partial charge in [-0.2, -0.15) is 0 Å². The lowest BCUT2D eigenvalue weighted by molar-refractivity contribution is -0.384. The van der Waals surface area contributed by atoms with E-state index in [0.29, 0.717) is 56.6 Å². The molecular formula is C46H54ClN7O7S. The Labute approximate surface area is 368 Å². The van der Waals surface area contributed by atoms with Crippen LogP contribution in [-0.2, 0) is 14.8 Å². The Balaban J connectivity index is 1.03. The van der Waals surface area contributed by atoms with Crippen molar-refractivity contribution in [2.75, 3.05) is 80.8 Å². The van der Waals surface area contributed by atoms with Crippen LogP contribution < -0.4 is 24.6 Å². The number of nitrogens with one attached hydrogen (secondary N) is 2. The van der Waals surface area contributed by atoms with Crippen molar-refractivity contribution in [1.29, 1.82) is 0 Å². The van der Waals surface area contributed by atoms with E-state index in [1.165, 1.54) is 28.8 Å². The lowest BCUT2D eigenvalue weighted by Gasteiger charge is -2.39. The van der Waals surface area contributed by atoms with Crippen LogP contribution in [0.4, 0.5) is 28.6 Å². The molecular weight excluding hydrogens is 830 g/mol. The maximum Gasteiger partial charge on any atom is 0.293 e. The van der Waals surface area contributed by atoms with Crippen molar-refractivity contribution in [2.24, 2.45) is 11.3 Å². The third kappa shape index (κ3) is 10.0. The summed E-state index contributed by atoms with van der Waals surface area (Å²) in [6.45, 7) is 11.4. The molecule has 0 spiro atoms. The van der Waals surface area contributed by atoms with Gasteiger partial charge in [0.25, 0.3) is 21.6 Å². The summed E-state index contributed by atoms with van der Waals surface area (Å²) < 4.78 is 41.3. The standard InChI is InChI=1S/C46H54ClN7O7S/c1-46(2)17-14-34(39(29-46)33-6-8-35(47)9-7-33)31-51-20-22-52(23-21-51)36-10-12-38(41(27-36)53-19-4-24-61-43-5-3-18-48-44(43)53)45(55)50-62(58,59)37-11-13-40(42(28-37)54(56)57)49-30-32-15-25-60-26-16-32/h3,5-13,18,27-28,32,49H,4,14-17,19-26,29-31H2,1-2H3,(H,50,55). The smallest absolute Gasteiger partial charge is 0.293 e. The van der Waals surface area contributed by atoms with E-state index in [9.17, 15) is 23.3 Å². The van der Waals surface area contributed by atoms with Gasteiger partial charge in [-0.05, 0) is 116 Å². The van der Waals surface area contributed by atoms with Crippen LogP contribution in [0, 0.1) is 21.4 Å². The third-order valence-electron chi connectivity index (χ3n) is 12.5. The average molecular weight is 884 g/mol. The van der Waals surface area contributed by atoms with Gasteiger partial charge in [0.15, 0.2) is 11.6 Å². The number of hydrogen-bond acceptors (Lipinski definition) is 12. The van der Waals surface area contributed by atoms with E-state index < -0.39 is 31.4 Å². The number of sulfonamides is 1. The van der Waals surface area contributed by atoms with Crippen LogP contribution in [0.2, 0.25) is 5.02 Å². The average Bonchev–Trinajstić information content (AvgIpc) is 3.49. The van der Waals surface area contributed by atoms with Crippen molar-refractivity contribution in [1.82, 2.24) is 14.6 Å². The molecule has 2 N–H and O–H groups in total. The largest absolute Gasteiger partial charge is 0.490 e. The van der Waals surface area contributed by atoms with E-state index in [2.05, 4.69) is 50.8 Å². The summed E-state index contributed by atoms with van der Waals surface area (Å²) in [7, 11) is -4.54. The Morgan fingerprint density at radius 3 is 2.52 bits per heavy atom. The van der Waals surface area contributed by atoms with Crippen LogP contribution in [0.1, 0.15) is 68.3 Å². The molecule has 1 aromatic heterocycles. The molecule has 0 saturated carbocycles. The van der Waals surface area contributed by atoms with Crippen LogP contribution >= 0.6 is 11.6 Å². The Kier molecular flexibility index (Phi) is 13.1. The number of carbonyl (C=O) groups is 1. The maximum atomic E-state index is 14.2. The summed E-state index contributed by atoms with van der Waals surface area (Å²) in [5.41, 5.74) is 5.66.